The lowest BCUT2D eigenvalue weighted by Crippen LogP contribution is -1.93. The maximum absolute atomic E-state index is 10.9. The Balaban J connectivity index is 2.57. The topological polar surface area (TPSA) is 37.3 Å². The molecular formula is C9H5BrO2S2. The summed E-state index contributed by atoms with van der Waals surface area (Å²) in [5.41, 5.74) is 1.74. The highest BCUT2D eigenvalue weighted by molar-refractivity contribution is 9.11. The van der Waals surface area contributed by atoms with Crippen LogP contribution in [0.5, 0.6) is 0 Å². The molecule has 0 atom stereocenters. The van der Waals surface area contributed by atoms with E-state index in [1.807, 2.05) is 17.5 Å². The van der Waals surface area contributed by atoms with Gasteiger partial charge in [-0.15, -0.1) is 22.7 Å². The second-order valence-corrected chi connectivity index (χ2v) is 5.73. The summed E-state index contributed by atoms with van der Waals surface area (Å²) in [7, 11) is 0. The van der Waals surface area contributed by atoms with Gasteiger partial charge in [0.15, 0.2) is 0 Å². The molecule has 2 heterocycles. The molecule has 0 saturated heterocycles. The van der Waals surface area contributed by atoms with E-state index in [4.69, 9.17) is 5.11 Å². The van der Waals surface area contributed by atoms with E-state index in [-0.39, 0.29) is 0 Å². The van der Waals surface area contributed by atoms with Crippen LogP contribution in [0.3, 0.4) is 0 Å². The Bertz CT molecular complexity index is 473. The number of hydrogen-bond donors (Lipinski definition) is 1. The summed E-state index contributed by atoms with van der Waals surface area (Å²) < 4.78 is 0.971. The van der Waals surface area contributed by atoms with Crippen molar-refractivity contribution in [2.24, 2.45) is 0 Å². The monoisotopic (exact) mass is 288 g/mol. The van der Waals surface area contributed by atoms with Crippen LogP contribution in [0.1, 0.15) is 9.67 Å². The highest BCUT2D eigenvalue weighted by Crippen LogP contribution is 2.36. The van der Waals surface area contributed by atoms with E-state index in [1.165, 1.54) is 11.3 Å². The van der Waals surface area contributed by atoms with Crippen molar-refractivity contribution >= 4 is 44.6 Å². The van der Waals surface area contributed by atoms with Crippen LogP contribution in [-0.2, 0) is 0 Å². The van der Waals surface area contributed by atoms with Gasteiger partial charge in [-0.2, -0.15) is 0 Å². The van der Waals surface area contributed by atoms with Gasteiger partial charge < -0.3 is 5.11 Å². The smallest absolute Gasteiger partial charge is 0.346 e. The van der Waals surface area contributed by atoms with Gasteiger partial charge in [0.1, 0.15) is 4.88 Å². The number of hydrogen-bond acceptors (Lipinski definition) is 3. The van der Waals surface area contributed by atoms with Crippen molar-refractivity contribution in [3.63, 3.8) is 0 Å². The molecule has 0 aliphatic heterocycles. The molecule has 1 N–H and O–H groups in total. The molecule has 0 unspecified atom stereocenters. The Morgan fingerprint density at radius 3 is 2.43 bits per heavy atom. The standard InChI is InChI=1S/C9H5BrO2S2/c10-8-6(2-4-14-8)5-1-3-13-7(5)9(11)12/h1-4H,(H,11,12). The minimum Gasteiger partial charge on any atom is -0.477 e. The van der Waals surface area contributed by atoms with Gasteiger partial charge >= 0.3 is 5.97 Å². The van der Waals surface area contributed by atoms with Gasteiger partial charge in [0.05, 0.1) is 3.79 Å². The highest BCUT2D eigenvalue weighted by atomic mass is 79.9. The number of carbonyl (C=O) groups is 1. The maximum Gasteiger partial charge on any atom is 0.346 e. The van der Waals surface area contributed by atoms with E-state index < -0.39 is 5.97 Å². The van der Waals surface area contributed by atoms with Gasteiger partial charge in [0.2, 0.25) is 0 Å². The molecule has 5 heteroatoms. The maximum atomic E-state index is 10.9. The zero-order valence-electron chi connectivity index (χ0n) is 6.86. The van der Waals surface area contributed by atoms with E-state index in [9.17, 15) is 4.79 Å². The molecule has 0 saturated carbocycles. The van der Waals surface area contributed by atoms with Crippen molar-refractivity contribution in [1.29, 1.82) is 0 Å². The lowest BCUT2D eigenvalue weighted by Gasteiger charge is -1.97. The van der Waals surface area contributed by atoms with E-state index in [0.29, 0.717) is 4.88 Å². The fourth-order valence-electron chi connectivity index (χ4n) is 1.17. The predicted molar refractivity (Wildman–Crippen MR) is 62.3 cm³/mol. The molecule has 2 aromatic rings. The molecule has 0 aromatic carbocycles. The molecule has 72 valence electrons. The second-order valence-electron chi connectivity index (χ2n) is 2.58. The molecule has 0 radical (unpaired) electrons. The first-order chi connectivity index (χ1) is 6.70. The van der Waals surface area contributed by atoms with Gasteiger partial charge in [0.25, 0.3) is 0 Å². The first-order valence-electron chi connectivity index (χ1n) is 3.74. The Morgan fingerprint density at radius 1 is 1.21 bits per heavy atom. The van der Waals surface area contributed by atoms with Crippen LogP contribution in [0.4, 0.5) is 0 Å². The molecule has 0 fully saturated rings. The van der Waals surface area contributed by atoms with Gasteiger partial charge in [-0.05, 0) is 38.8 Å². The Morgan fingerprint density at radius 2 is 1.86 bits per heavy atom. The average molecular weight is 289 g/mol. The molecule has 2 aromatic heterocycles. The fourth-order valence-corrected chi connectivity index (χ4v) is 3.22. The molecular weight excluding hydrogens is 284 g/mol. The number of aromatic carboxylic acids is 1. The molecule has 2 nitrogen and oxygen atoms in total. The normalized spacial score (nSPS) is 10.4. The van der Waals surface area contributed by atoms with E-state index in [1.54, 1.807) is 16.7 Å². The summed E-state index contributed by atoms with van der Waals surface area (Å²) in [6, 6.07) is 3.75. The summed E-state index contributed by atoms with van der Waals surface area (Å²) in [5.74, 6) is -0.867. The molecule has 0 spiro atoms. The van der Waals surface area contributed by atoms with Gasteiger partial charge in [0, 0.05) is 11.1 Å². The number of carboxylic acids is 1. The molecule has 0 aliphatic rings. The van der Waals surface area contributed by atoms with Crippen molar-refractivity contribution in [3.05, 3.63) is 31.6 Å². The van der Waals surface area contributed by atoms with Gasteiger partial charge in [-0.3, -0.25) is 0 Å². The number of halogens is 1. The predicted octanol–water partition coefficient (Wildman–Crippen LogP) is 3.94. The Hall–Kier alpha value is -0.650. The summed E-state index contributed by atoms with van der Waals surface area (Å²) in [4.78, 5) is 11.3. The number of rotatable bonds is 2. The molecule has 14 heavy (non-hydrogen) atoms. The van der Waals surface area contributed by atoms with E-state index in [2.05, 4.69) is 15.9 Å². The van der Waals surface area contributed by atoms with Crippen molar-refractivity contribution in [3.8, 4) is 11.1 Å². The van der Waals surface area contributed by atoms with Crippen LogP contribution in [-0.4, -0.2) is 11.1 Å². The van der Waals surface area contributed by atoms with Crippen LogP contribution >= 0.6 is 38.6 Å². The highest BCUT2D eigenvalue weighted by Gasteiger charge is 2.15. The molecule has 0 bridgehead atoms. The number of carboxylic acid groups (broad SMARTS) is 1. The average Bonchev–Trinajstić information content (AvgIpc) is 2.70. The SMILES string of the molecule is O=C(O)c1sccc1-c1ccsc1Br. The van der Waals surface area contributed by atoms with Crippen molar-refractivity contribution in [2.75, 3.05) is 0 Å². The minimum atomic E-state index is -0.867. The van der Waals surface area contributed by atoms with E-state index >= 15 is 0 Å². The lowest BCUT2D eigenvalue weighted by molar-refractivity contribution is 0.0703. The summed E-state index contributed by atoms with van der Waals surface area (Å²) in [6.45, 7) is 0. The number of thiophene rings is 2. The molecule has 0 aliphatic carbocycles. The first kappa shape index (κ1) is 9.89. The molecule has 2 rings (SSSR count). The lowest BCUT2D eigenvalue weighted by atomic mass is 10.1. The zero-order chi connectivity index (χ0) is 10.1. The largest absolute Gasteiger partial charge is 0.477 e. The van der Waals surface area contributed by atoms with E-state index in [0.717, 1.165) is 14.9 Å². The van der Waals surface area contributed by atoms with Gasteiger partial charge in [-0.1, -0.05) is 0 Å². The first-order valence-corrected chi connectivity index (χ1v) is 6.29. The third kappa shape index (κ3) is 1.63. The quantitative estimate of drug-likeness (QED) is 0.909. The van der Waals surface area contributed by atoms with Crippen LogP contribution in [0.2, 0.25) is 0 Å². The summed E-state index contributed by atoms with van der Waals surface area (Å²) in [6.07, 6.45) is 0. The van der Waals surface area contributed by atoms with Crippen molar-refractivity contribution < 1.29 is 9.90 Å². The van der Waals surface area contributed by atoms with Crippen molar-refractivity contribution in [2.45, 2.75) is 0 Å². The zero-order valence-corrected chi connectivity index (χ0v) is 10.1. The van der Waals surface area contributed by atoms with Gasteiger partial charge in [-0.25, -0.2) is 4.79 Å². The van der Waals surface area contributed by atoms with Crippen LogP contribution in [0.15, 0.2) is 26.7 Å². The van der Waals surface area contributed by atoms with Crippen LogP contribution < -0.4 is 0 Å². The third-order valence-corrected chi connectivity index (χ3v) is 4.36. The Kier molecular flexibility index (Phi) is 2.71. The summed E-state index contributed by atoms with van der Waals surface area (Å²) >= 11 is 6.20. The Labute approximate surface area is 97.0 Å². The fraction of sp³-hybridized carbons (Fsp3) is 0. The van der Waals surface area contributed by atoms with Crippen molar-refractivity contribution in [1.82, 2.24) is 0 Å². The van der Waals surface area contributed by atoms with Crippen LogP contribution in [0.25, 0.3) is 11.1 Å². The molecule has 0 amide bonds. The third-order valence-electron chi connectivity index (χ3n) is 1.77. The second kappa shape index (κ2) is 3.84. The summed E-state index contributed by atoms with van der Waals surface area (Å²) in [5, 5.41) is 12.7. The van der Waals surface area contributed by atoms with Crippen LogP contribution in [0, 0.1) is 0 Å². The minimum absolute atomic E-state index is 0.393.